The third kappa shape index (κ3) is 4.48. The summed E-state index contributed by atoms with van der Waals surface area (Å²) < 4.78 is 1.14. The number of carbonyl (C=O) groups excluding carboxylic acids is 1. The SMILES string of the molecule is O=C(Cn1ncc2ccccc2c1=O)Nc1ncc(Cc2ccc(Cl)cc2Cl)s1. The molecule has 0 aliphatic carbocycles. The zero-order valence-corrected chi connectivity index (χ0v) is 17.3. The standard InChI is InChI=1S/C20H14Cl2N4O2S/c21-14-6-5-12(17(22)8-14)7-15-10-23-20(29-15)25-18(27)11-26-19(28)16-4-2-1-3-13(16)9-24-26/h1-6,8-10H,7,11H2,(H,23,25,27). The van der Waals surface area contributed by atoms with Crippen molar-refractivity contribution >= 4 is 56.3 Å². The minimum atomic E-state index is -0.375. The molecule has 9 heteroatoms. The second-order valence-electron chi connectivity index (χ2n) is 6.29. The van der Waals surface area contributed by atoms with Gasteiger partial charge in [-0.1, -0.05) is 47.5 Å². The number of hydrogen-bond acceptors (Lipinski definition) is 5. The number of carbonyl (C=O) groups is 1. The maximum atomic E-state index is 12.5. The topological polar surface area (TPSA) is 76.9 Å². The van der Waals surface area contributed by atoms with Crippen molar-refractivity contribution in [2.45, 2.75) is 13.0 Å². The van der Waals surface area contributed by atoms with Gasteiger partial charge >= 0.3 is 0 Å². The summed E-state index contributed by atoms with van der Waals surface area (Å²) >= 11 is 13.5. The average molecular weight is 445 g/mol. The zero-order valence-electron chi connectivity index (χ0n) is 14.9. The highest BCUT2D eigenvalue weighted by atomic mass is 35.5. The molecular weight excluding hydrogens is 431 g/mol. The minimum absolute atomic E-state index is 0.193. The van der Waals surface area contributed by atoms with Crippen molar-refractivity contribution in [3.8, 4) is 0 Å². The van der Waals surface area contributed by atoms with Gasteiger partial charge in [-0.3, -0.25) is 9.59 Å². The molecule has 0 aliphatic heterocycles. The summed E-state index contributed by atoms with van der Waals surface area (Å²) in [5.74, 6) is -0.375. The molecule has 0 fully saturated rings. The van der Waals surface area contributed by atoms with Crippen LogP contribution >= 0.6 is 34.5 Å². The fourth-order valence-corrected chi connectivity index (χ4v) is 4.16. The van der Waals surface area contributed by atoms with Crippen LogP contribution in [0, 0.1) is 0 Å². The maximum Gasteiger partial charge on any atom is 0.275 e. The van der Waals surface area contributed by atoms with Crippen LogP contribution in [-0.4, -0.2) is 20.7 Å². The number of benzene rings is 2. The number of aromatic nitrogens is 3. The quantitative estimate of drug-likeness (QED) is 0.495. The summed E-state index contributed by atoms with van der Waals surface area (Å²) in [7, 11) is 0. The van der Waals surface area contributed by atoms with Gasteiger partial charge in [0.05, 0.1) is 11.6 Å². The Hall–Kier alpha value is -2.74. The molecule has 0 aliphatic rings. The first kappa shape index (κ1) is 19.6. The van der Waals surface area contributed by atoms with E-state index in [4.69, 9.17) is 23.2 Å². The number of rotatable bonds is 5. The third-order valence-corrected chi connectivity index (χ3v) is 5.73. The van der Waals surface area contributed by atoms with Gasteiger partial charge in [0.1, 0.15) is 6.54 Å². The molecule has 0 spiro atoms. The van der Waals surface area contributed by atoms with Crippen molar-refractivity contribution in [2.24, 2.45) is 0 Å². The van der Waals surface area contributed by atoms with Crippen molar-refractivity contribution in [1.29, 1.82) is 0 Å². The lowest BCUT2D eigenvalue weighted by molar-refractivity contribution is -0.117. The number of fused-ring (bicyclic) bond motifs is 1. The summed E-state index contributed by atoms with van der Waals surface area (Å²) in [4.78, 5) is 30.0. The van der Waals surface area contributed by atoms with Crippen LogP contribution in [0.3, 0.4) is 0 Å². The summed E-state index contributed by atoms with van der Waals surface area (Å²) in [5, 5.41) is 9.64. The fourth-order valence-electron chi connectivity index (χ4n) is 2.83. The molecule has 0 unspecified atom stereocenters. The summed E-state index contributed by atoms with van der Waals surface area (Å²) in [6.07, 6.45) is 3.84. The lowest BCUT2D eigenvalue weighted by Crippen LogP contribution is -2.29. The second kappa shape index (κ2) is 8.32. The van der Waals surface area contributed by atoms with Gasteiger partial charge < -0.3 is 5.32 Å². The van der Waals surface area contributed by atoms with E-state index in [2.05, 4.69) is 15.4 Å². The number of hydrogen-bond donors (Lipinski definition) is 1. The van der Waals surface area contributed by atoms with E-state index in [0.29, 0.717) is 27.0 Å². The number of halogens is 2. The van der Waals surface area contributed by atoms with E-state index in [1.54, 1.807) is 42.7 Å². The van der Waals surface area contributed by atoms with Crippen LogP contribution in [0.2, 0.25) is 10.0 Å². The van der Waals surface area contributed by atoms with Gasteiger partial charge in [-0.05, 0) is 23.8 Å². The number of amides is 1. The molecule has 1 N–H and O–H groups in total. The largest absolute Gasteiger partial charge is 0.300 e. The molecule has 0 radical (unpaired) electrons. The molecule has 0 bridgehead atoms. The second-order valence-corrected chi connectivity index (χ2v) is 8.25. The van der Waals surface area contributed by atoms with E-state index in [9.17, 15) is 9.59 Å². The van der Waals surface area contributed by atoms with E-state index < -0.39 is 0 Å². The lowest BCUT2D eigenvalue weighted by Gasteiger charge is -2.05. The van der Waals surface area contributed by atoms with E-state index in [0.717, 1.165) is 20.5 Å². The first-order chi connectivity index (χ1) is 14.0. The molecule has 2 heterocycles. The van der Waals surface area contributed by atoms with Crippen LogP contribution in [0.1, 0.15) is 10.4 Å². The molecule has 0 saturated heterocycles. The van der Waals surface area contributed by atoms with Crippen LogP contribution in [0.25, 0.3) is 10.8 Å². The highest BCUT2D eigenvalue weighted by molar-refractivity contribution is 7.15. The number of anilines is 1. The highest BCUT2D eigenvalue weighted by Crippen LogP contribution is 2.26. The number of nitrogens with one attached hydrogen (secondary N) is 1. The van der Waals surface area contributed by atoms with Crippen LogP contribution in [0.4, 0.5) is 5.13 Å². The Morgan fingerprint density at radius 3 is 2.79 bits per heavy atom. The van der Waals surface area contributed by atoms with E-state index in [1.165, 1.54) is 11.3 Å². The lowest BCUT2D eigenvalue weighted by atomic mass is 10.1. The van der Waals surface area contributed by atoms with Crippen molar-refractivity contribution in [3.05, 3.63) is 85.7 Å². The summed E-state index contributed by atoms with van der Waals surface area (Å²) in [5.41, 5.74) is 0.611. The maximum absolute atomic E-state index is 12.5. The van der Waals surface area contributed by atoms with Crippen LogP contribution in [0.15, 0.2) is 59.7 Å². The van der Waals surface area contributed by atoms with Gasteiger partial charge in [0.25, 0.3) is 5.56 Å². The number of nitrogens with zero attached hydrogens (tertiary/aromatic N) is 3. The molecule has 2 aromatic heterocycles. The molecule has 0 atom stereocenters. The smallest absolute Gasteiger partial charge is 0.275 e. The van der Waals surface area contributed by atoms with Crippen molar-refractivity contribution in [1.82, 2.24) is 14.8 Å². The normalized spacial score (nSPS) is 11.0. The first-order valence-electron chi connectivity index (χ1n) is 8.63. The summed E-state index contributed by atoms with van der Waals surface area (Å²) in [6, 6.07) is 12.5. The predicted molar refractivity (Wildman–Crippen MR) is 116 cm³/mol. The molecule has 29 heavy (non-hydrogen) atoms. The average Bonchev–Trinajstić information content (AvgIpc) is 3.13. The van der Waals surface area contributed by atoms with E-state index in [1.807, 2.05) is 12.1 Å². The van der Waals surface area contributed by atoms with Crippen LogP contribution < -0.4 is 10.9 Å². The third-order valence-electron chi connectivity index (χ3n) is 4.23. The number of thiazole rings is 1. The summed E-state index contributed by atoms with van der Waals surface area (Å²) in [6.45, 7) is -0.193. The molecule has 4 rings (SSSR count). The predicted octanol–water partition coefficient (Wildman–Crippen LogP) is 4.39. The minimum Gasteiger partial charge on any atom is -0.300 e. The van der Waals surface area contributed by atoms with Gasteiger partial charge in [-0.15, -0.1) is 11.3 Å². The Bertz CT molecular complexity index is 1270. The van der Waals surface area contributed by atoms with E-state index >= 15 is 0 Å². The highest BCUT2D eigenvalue weighted by Gasteiger charge is 2.12. The molecular formula is C20H14Cl2N4O2S. The molecule has 146 valence electrons. The zero-order chi connectivity index (χ0) is 20.4. The molecule has 1 amide bonds. The van der Waals surface area contributed by atoms with Crippen molar-refractivity contribution in [2.75, 3.05) is 5.32 Å². The van der Waals surface area contributed by atoms with Gasteiger partial charge in [0.15, 0.2) is 5.13 Å². The van der Waals surface area contributed by atoms with Gasteiger partial charge in [-0.25, -0.2) is 9.67 Å². The van der Waals surface area contributed by atoms with Gasteiger partial charge in [0, 0.05) is 32.9 Å². The Kier molecular flexibility index (Phi) is 5.62. The Balaban J connectivity index is 1.44. The molecule has 6 nitrogen and oxygen atoms in total. The Morgan fingerprint density at radius 2 is 1.97 bits per heavy atom. The van der Waals surface area contributed by atoms with Crippen molar-refractivity contribution in [3.63, 3.8) is 0 Å². The Morgan fingerprint density at radius 1 is 1.14 bits per heavy atom. The van der Waals surface area contributed by atoms with Gasteiger partial charge in [-0.2, -0.15) is 5.10 Å². The Labute approximate surface area is 179 Å². The first-order valence-corrected chi connectivity index (χ1v) is 10.2. The fraction of sp³-hybridized carbons (Fsp3) is 0.100. The molecule has 0 saturated carbocycles. The monoisotopic (exact) mass is 444 g/mol. The van der Waals surface area contributed by atoms with Crippen LogP contribution in [-0.2, 0) is 17.8 Å². The van der Waals surface area contributed by atoms with Crippen LogP contribution in [0.5, 0.6) is 0 Å². The molecule has 4 aromatic rings. The van der Waals surface area contributed by atoms with Gasteiger partial charge in [0.2, 0.25) is 5.91 Å². The molecule has 2 aromatic carbocycles. The van der Waals surface area contributed by atoms with E-state index in [-0.39, 0.29) is 18.0 Å². The van der Waals surface area contributed by atoms with Crippen molar-refractivity contribution < 1.29 is 4.79 Å².